The number of aliphatic carboxylic acids is 1. The Hall–Kier alpha value is -0.660. The van der Waals surface area contributed by atoms with E-state index in [0.29, 0.717) is 19.5 Å². The van der Waals surface area contributed by atoms with Gasteiger partial charge in [0.1, 0.15) is 0 Å². The summed E-state index contributed by atoms with van der Waals surface area (Å²) < 4.78 is 27.4. The first-order chi connectivity index (χ1) is 11.2. The van der Waals surface area contributed by atoms with Gasteiger partial charge in [0.15, 0.2) is 0 Å². The molecule has 1 aliphatic carbocycles. The number of hydrogen-bond donors (Lipinski definition) is 1. The van der Waals surface area contributed by atoms with Crippen molar-refractivity contribution < 1.29 is 18.3 Å². The fourth-order valence-electron chi connectivity index (χ4n) is 4.20. The highest BCUT2D eigenvalue weighted by molar-refractivity contribution is 7.89. The van der Waals surface area contributed by atoms with Crippen LogP contribution in [0.2, 0.25) is 0 Å². The van der Waals surface area contributed by atoms with E-state index in [1.54, 1.807) is 4.31 Å². The number of likely N-dealkylation sites (N-methyl/N-ethyl adjacent to an activating group) is 1. The molecule has 0 aromatic rings. The first-order valence-electron chi connectivity index (χ1n) is 9.12. The van der Waals surface area contributed by atoms with E-state index >= 15 is 0 Å². The van der Waals surface area contributed by atoms with Crippen LogP contribution in [0.25, 0.3) is 0 Å². The van der Waals surface area contributed by atoms with Crippen LogP contribution in [0.5, 0.6) is 0 Å². The first kappa shape index (κ1) is 19.7. The quantitative estimate of drug-likeness (QED) is 0.785. The summed E-state index contributed by atoms with van der Waals surface area (Å²) in [6.07, 6.45) is 7.85. The molecule has 1 heterocycles. The highest BCUT2D eigenvalue weighted by atomic mass is 32.2. The molecule has 1 unspecified atom stereocenters. The third-order valence-corrected chi connectivity index (χ3v) is 7.86. The highest BCUT2D eigenvalue weighted by Gasteiger charge is 2.36. The maximum Gasteiger partial charge on any atom is 0.317 e. The van der Waals surface area contributed by atoms with E-state index in [0.717, 1.165) is 38.5 Å². The van der Waals surface area contributed by atoms with E-state index in [-0.39, 0.29) is 23.8 Å². The number of nitrogens with zero attached hydrogens (tertiary/aromatic N) is 2. The molecule has 1 saturated heterocycles. The van der Waals surface area contributed by atoms with Crippen molar-refractivity contribution in [3.05, 3.63) is 0 Å². The Morgan fingerprint density at radius 3 is 2.46 bits per heavy atom. The van der Waals surface area contributed by atoms with E-state index in [1.165, 1.54) is 6.42 Å². The molecule has 0 aromatic heterocycles. The number of sulfonamides is 1. The van der Waals surface area contributed by atoms with Crippen LogP contribution in [-0.2, 0) is 14.8 Å². The van der Waals surface area contributed by atoms with Crippen molar-refractivity contribution in [1.82, 2.24) is 9.21 Å². The Bertz CT molecular complexity index is 529. The standard InChI is InChI=1S/C17H32N2O4S/c1-17(9-4-3-5-10-17)14-24(22,23)19-11-6-7-15(8-12-19)18(2)13-16(20)21/h15H,3-14H2,1-2H3,(H,20,21). The molecular formula is C17H32N2O4S. The fraction of sp³-hybridized carbons (Fsp3) is 0.941. The van der Waals surface area contributed by atoms with Crippen molar-refractivity contribution in [2.45, 2.75) is 64.3 Å². The molecule has 2 rings (SSSR count). The highest BCUT2D eigenvalue weighted by Crippen LogP contribution is 2.37. The lowest BCUT2D eigenvalue weighted by molar-refractivity contribution is -0.138. The molecule has 7 heteroatoms. The van der Waals surface area contributed by atoms with Crippen LogP contribution in [0.1, 0.15) is 58.3 Å². The number of hydrogen-bond acceptors (Lipinski definition) is 4. The molecule has 0 spiro atoms. The molecule has 24 heavy (non-hydrogen) atoms. The van der Waals surface area contributed by atoms with Gasteiger partial charge in [-0.25, -0.2) is 12.7 Å². The molecule has 0 bridgehead atoms. The molecule has 2 fully saturated rings. The minimum absolute atomic E-state index is 0.00941. The Morgan fingerprint density at radius 1 is 1.17 bits per heavy atom. The Kier molecular flexibility index (Phi) is 6.67. The van der Waals surface area contributed by atoms with Gasteiger partial charge < -0.3 is 5.11 Å². The molecule has 6 nitrogen and oxygen atoms in total. The molecule has 0 amide bonds. The Morgan fingerprint density at radius 2 is 1.83 bits per heavy atom. The van der Waals surface area contributed by atoms with Gasteiger partial charge in [-0.1, -0.05) is 26.2 Å². The summed E-state index contributed by atoms with van der Waals surface area (Å²) in [7, 11) is -1.43. The minimum Gasteiger partial charge on any atom is -0.480 e. The van der Waals surface area contributed by atoms with Gasteiger partial charge in [0.05, 0.1) is 12.3 Å². The summed E-state index contributed by atoms with van der Waals surface area (Å²) in [6.45, 7) is 3.20. The van der Waals surface area contributed by atoms with E-state index < -0.39 is 16.0 Å². The summed E-state index contributed by atoms with van der Waals surface area (Å²) in [5.41, 5.74) is -0.0805. The van der Waals surface area contributed by atoms with Crippen LogP contribution in [0.4, 0.5) is 0 Å². The van der Waals surface area contributed by atoms with Crippen molar-refractivity contribution >= 4 is 16.0 Å². The lowest BCUT2D eigenvalue weighted by Gasteiger charge is -2.35. The number of carbonyl (C=O) groups is 1. The van der Waals surface area contributed by atoms with Gasteiger partial charge in [-0.3, -0.25) is 9.69 Å². The topological polar surface area (TPSA) is 77.9 Å². The average Bonchev–Trinajstić information content (AvgIpc) is 2.72. The normalized spacial score (nSPS) is 26.2. The van der Waals surface area contributed by atoms with Gasteiger partial charge in [-0.05, 0) is 44.6 Å². The smallest absolute Gasteiger partial charge is 0.317 e. The molecule has 140 valence electrons. The third kappa shape index (κ3) is 5.43. The summed E-state index contributed by atoms with van der Waals surface area (Å²) in [5.74, 6) is -0.577. The molecular weight excluding hydrogens is 328 g/mol. The largest absolute Gasteiger partial charge is 0.480 e. The lowest BCUT2D eigenvalue weighted by Crippen LogP contribution is -2.41. The molecule has 0 aromatic carbocycles. The zero-order valence-corrected chi connectivity index (χ0v) is 15.9. The second-order valence-corrected chi connectivity index (χ2v) is 9.89. The zero-order valence-electron chi connectivity index (χ0n) is 15.0. The van der Waals surface area contributed by atoms with Gasteiger partial charge in [-0.15, -0.1) is 0 Å². The fourth-order valence-corrected chi connectivity index (χ4v) is 6.34. The molecule has 1 saturated carbocycles. The van der Waals surface area contributed by atoms with Gasteiger partial charge in [-0.2, -0.15) is 0 Å². The maximum atomic E-state index is 12.9. The lowest BCUT2D eigenvalue weighted by atomic mass is 9.77. The first-order valence-corrected chi connectivity index (χ1v) is 10.7. The molecule has 1 aliphatic heterocycles. The molecule has 1 atom stereocenters. The maximum absolute atomic E-state index is 12.9. The second-order valence-electron chi connectivity index (χ2n) is 7.92. The van der Waals surface area contributed by atoms with Crippen LogP contribution in [0, 0.1) is 5.41 Å². The summed E-state index contributed by atoms with van der Waals surface area (Å²) in [5, 5.41) is 8.93. The number of rotatable bonds is 6. The predicted octanol–water partition coefficient (Wildman–Crippen LogP) is 2.16. The van der Waals surface area contributed by atoms with Gasteiger partial charge >= 0.3 is 5.97 Å². The number of carboxylic acid groups (broad SMARTS) is 1. The van der Waals surface area contributed by atoms with Crippen molar-refractivity contribution in [1.29, 1.82) is 0 Å². The Labute approximate surface area is 146 Å². The molecule has 1 N–H and O–H groups in total. The van der Waals surface area contributed by atoms with Crippen LogP contribution in [-0.4, -0.2) is 67.2 Å². The van der Waals surface area contributed by atoms with Crippen LogP contribution in [0.15, 0.2) is 0 Å². The molecule has 0 radical (unpaired) electrons. The Balaban J connectivity index is 1.95. The van der Waals surface area contributed by atoms with Crippen LogP contribution < -0.4 is 0 Å². The van der Waals surface area contributed by atoms with Crippen molar-refractivity contribution in [3.8, 4) is 0 Å². The third-order valence-electron chi connectivity index (χ3n) is 5.65. The van der Waals surface area contributed by atoms with Crippen molar-refractivity contribution in [3.63, 3.8) is 0 Å². The summed E-state index contributed by atoms with van der Waals surface area (Å²) in [6, 6.07) is 0.145. The minimum atomic E-state index is -3.24. The van der Waals surface area contributed by atoms with E-state index in [9.17, 15) is 13.2 Å². The van der Waals surface area contributed by atoms with Crippen LogP contribution >= 0.6 is 0 Å². The van der Waals surface area contributed by atoms with E-state index in [4.69, 9.17) is 5.11 Å². The summed E-state index contributed by atoms with van der Waals surface area (Å²) in [4.78, 5) is 12.7. The predicted molar refractivity (Wildman–Crippen MR) is 94.5 cm³/mol. The number of carboxylic acids is 1. The zero-order chi connectivity index (χ0) is 17.8. The van der Waals surface area contributed by atoms with E-state index in [2.05, 4.69) is 6.92 Å². The van der Waals surface area contributed by atoms with Crippen LogP contribution in [0.3, 0.4) is 0 Å². The second kappa shape index (κ2) is 8.15. The van der Waals surface area contributed by atoms with Gasteiger partial charge in [0, 0.05) is 19.1 Å². The van der Waals surface area contributed by atoms with E-state index in [1.807, 2.05) is 11.9 Å². The summed E-state index contributed by atoms with van der Waals surface area (Å²) >= 11 is 0. The SMILES string of the molecule is CN(CC(=O)O)C1CCCN(S(=O)(=O)CC2(C)CCCCC2)CC1. The van der Waals surface area contributed by atoms with Gasteiger partial charge in [0.2, 0.25) is 10.0 Å². The average molecular weight is 361 g/mol. The van der Waals surface area contributed by atoms with Crippen molar-refractivity contribution in [2.24, 2.45) is 5.41 Å². The molecule has 2 aliphatic rings. The van der Waals surface area contributed by atoms with Gasteiger partial charge in [0.25, 0.3) is 0 Å². The monoisotopic (exact) mass is 360 g/mol. The van der Waals surface area contributed by atoms with Crippen molar-refractivity contribution in [2.75, 3.05) is 32.4 Å².